The standard InChI is InChI=1S/C26H27F3N4O3/c1-15(18-7-9-20(35-2)24-19(18)8-10-22(32-24)26(27,28)29)36-21(13-30)23(31)25(34)33-12-11-16-5-3-4-6-17(16)14-33/h3-10,15H,11-14,30-31H2,1-2H3/b23-21-. The smallest absolute Gasteiger partial charge is 0.433 e. The fraction of sp³-hybridized carbons (Fsp3) is 0.308. The fourth-order valence-electron chi connectivity index (χ4n) is 4.35. The van der Waals surface area contributed by atoms with Gasteiger partial charge in [0.15, 0.2) is 0 Å². The third-order valence-electron chi connectivity index (χ3n) is 6.26. The van der Waals surface area contributed by atoms with Crippen LogP contribution in [0, 0.1) is 0 Å². The zero-order chi connectivity index (χ0) is 26.0. The minimum Gasteiger partial charge on any atom is -0.494 e. The Kier molecular flexibility index (Phi) is 7.07. The van der Waals surface area contributed by atoms with Gasteiger partial charge in [0.1, 0.15) is 34.5 Å². The van der Waals surface area contributed by atoms with Crippen LogP contribution in [0.15, 0.2) is 60.0 Å². The zero-order valence-electron chi connectivity index (χ0n) is 19.9. The molecule has 0 saturated carbocycles. The molecular weight excluding hydrogens is 473 g/mol. The van der Waals surface area contributed by atoms with Crippen LogP contribution in [-0.4, -0.2) is 36.0 Å². The van der Waals surface area contributed by atoms with E-state index in [0.717, 1.165) is 18.1 Å². The number of benzene rings is 2. The second-order valence-corrected chi connectivity index (χ2v) is 8.49. The first-order valence-electron chi connectivity index (χ1n) is 11.4. The molecule has 4 N–H and O–H groups in total. The number of ether oxygens (including phenoxy) is 2. The van der Waals surface area contributed by atoms with Gasteiger partial charge in [-0.3, -0.25) is 4.79 Å². The SMILES string of the molecule is COc1ccc(C(C)O/C(CN)=C(\N)C(=O)N2CCc3ccccc3C2)c2ccc(C(F)(F)F)nc12. The largest absolute Gasteiger partial charge is 0.494 e. The maximum atomic E-state index is 13.2. The first kappa shape index (κ1) is 25.3. The predicted molar refractivity (Wildman–Crippen MR) is 129 cm³/mol. The number of carbonyl (C=O) groups is 1. The van der Waals surface area contributed by atoms with Gasteiger partial charge in [-0.25, -0.2) is 4.98 Å². The number of aromatic nitrogens is 1. The average Bonchev–Trinajstić information content (AvgIpc) is 2.88. The van der Waals surface area contributed by atoms with Crippen LogP contribution in [0.5, 0.6) is 5.75 Å². The lowest BCUT2D eigenvalue weighted by atomic mass is 10.00. The number of nitrogens with zero attached hydrogens (tertiary/aromatic N) is 2. The van der Waals surface area contributed by atoms with Crippen LogP contribution in [0.3, 0.4) is 0 Å². The van der Waals surface area contributed by atoms with Crippen LogP contribution in [0.1, 0.15) is 35.4 Å². The van der Waals surface area contributed by atoms with Crippen molar-refractivity contribution in [1.29, 1.82) is 0 Å². The van der Waals surface area contributed by atoms with Gasteiger partial charge >= 0.3 is 6.18 Å². The molecule has 1 atom stereocenters. The molecule has 0 spiro atoms. The number of rotatable bonds is 6. The minimum atomic E-state index is -4.60. The highest BCUT2D eigenvalue weighted by Gasteiger charge is 2.33. The van der Waals surface area contributed by atoms with Gasteiger partial charge in [0, 0.05) is 24.0 Å². The van der Waals surface area contributed by atoms with E-state index < -0.39 is 18.0 Å². The molecule has 7 nitrogen and oxygen atoms in total. The molecule has 0 saturated heterocycles. The van der Waals surface area contributed by atoms with Crippen LogP contribution in [0.4, 0.5) is 13.2 Å². The lowest BCUT2D eigenvalue weighted by molar-refractivity contribution is -0.141. The summed E-state index contributed by atoms with van der Waals surface area (Å²) in [5, 5.41) is 0.420. The van der Waals surface area contributed by atoms with Gasteiger partial charge in [0.2, 0.25) is 0 Å². The number of amides is 1. The van der Waals surface area contributed by atoms with E-state index in [1.807, 2.05) is 24.3 Å². The Bertz CT molecular complexity index is 1320. The molecule has 1 amide bonds. The highest BCUT2D eigenvalue weighted by molar-refractivity contribution is 5.93. The van der Waals surface area contributed by atoms with Crippen molar-refractivity contribution in [3.05, 3.63) is 82.4 Å². The first-order chi connectivity index (χ1) is 17.1. The predicted octanol–water partition coefficient (Wildman–Crippen LogP) is 4.05. The van der Waals surface area contributed by atoms with Crippen molar-refractivity contribution in [3.8, 4) is 5.75 Å². The molecular formula is C26H27F3N4O3. The quantitative estimate of drug-likeness (QED) is 0.391. The van der Waals surface area contributed by atoms with Gasteiger partial charge < -0.3 is 25.8 Å². The molecule has 36 heavy (non-hydrogen) atoms. The van der Waals surface area contributed by atoms with Crippen LogP contribution in [0.25, 0.3) is 10.9 Å². The van der Waals surface area contributed by atoms with Crippen molar-refractivity contribution < 1.29 is 27.4 Å². The number of methoxy groups -OCH3 is 1. The molecule has 0 bridgehead atoms. The Labute approximate surface area is 206 Å². The third kappa shape index (κ3) is 4.94. The fourth-order valence-corrected chi connectivity index (χ4v) is 4.35. The molecule has 1 unspecified atom stereocenters. The summed E-state index contributed by atoms with van der Waals surface area (Å²) in [6, 6.07) is 13.3. The number of carbonyl (C=O) groups excluding carboxylic acids is 1. The van der Waals surface area contributed by atoms with Gasteiger partial charge in [0.05, 0.1) is 13.7 Å². The lowest BCUT2D eigenvalue weighted by Crippen LogP contribution is -2.39. The molecule has 10 heteroatoms. The van der Waals surface area contributed by atoms with E-state index in [0.29, 0.717) is 24.0 Å². The van der Waals surface area contributed by atoms with Crippen LogP contribution in [-0.2, 0) is 28.7 Å². The maximum absolute atomic E-state index is 13.2. The van der Waals surface area contributed by atoms with E-state index in [1.54, 1.807) is 17.9 Å². The second-order valence-electron chi connectivity index (χ2n) is 8.49. The summed E-state index contributed by atoms with van der Waals surface area (Å²) < 4.78 is 50.9. The van der Waals surface area contributed by atoms with E-state index in [2.05, 4.69) is 4.98 Å². The monoisotopic (exact) mass is 500 g/mol. The normalized spacial score (nSPS) is 15.2. The Morgan fingerprint density at radius 3 is 2.53 bits per heavy atom. The van der Waals surface area contributed by atoms with Gasteiger partial charge in [-0.1, -0.05) is 36.4 Å². The molecule has 4 rings (SSSR count). The maximum Gasteiger partial charge on any atom is 0.433 e. The lowest BCUT2D eigenvalue weighted by Gasteiger charge is -2.29. The number of pyridine rings is 1. The second kappa shape index (κ2) is 10.1. The third-order valence-corrected chi connectivity index (χ3v) is 6.26. The first-order valence-corrected chi connectivity index (χ1v) is 11.4. The highest BCUT2D eigenvalue weighted by atomic mass is 19.4. The zero-order valence-corrected chi connectivity index (χ0v) is 19.9. The molecule has 3 aromatic rings. The summed E-state index contributed by atoms with van der Waals surface area (Å²) in [4.78, 5) is 18.5. The molecule has 190 valence electrons. The van der Waals surface area contributed by atoms with Crippen LogP contribution in [0.2, 0.25) is 0 Å². The number of hydrogen-bond donors (Lipinski definition) is 2. The van der Waals surface area contributed by atoms with Gasteiger partial charge in [-0.05, 0) is 36.6 Å². The Morgan fingerprint density at radius 2 is 1.86 bits per heavy atom. The van der Waals surface area contributed by atoms with E-state index >= 15 is 0 Å². The van der Waals surface area contributed by atoms with Crippen molar-refractivity contribution in [2.75, 3.05) is 20.2 Å². The molecule has 1 aliphatic rings. The Morgan fingerprint density at radius 1 is 1.14 bits per heavy atom. The van der Waals surface area contributed by atoms with Crippen molar-refractivity contribution in [2.45, 2.75) is 32.2 Å². The summed E-state index contributed by atoms with van der Waals surface area (Å²) in [6.45, 7) is 2.51. The topological polar surface area (TPSA) is 104 Å². The molecule has 0 radical (unpaired) electrons. The van der Waals surface area contributed by atoms with Gasteiger partial charge in [0.25, 0.3) is 5.91 Å². The van der Waals surface area contributed by atoms with E-state index in [1.165, 1.54) is 24.8 Å². The summed E-state index contributed by atoms with van der Waals surface area (Å²) in [6.07, 6.45) is -4.57. The van der Waals surface area contributed by atoms with E-state index in [9.17, 15) is 18.0 Å². The summed E-state index contributed by atoms with van der Waals surface area (Å²) in [5.41, 5.74) is 13.8. The van der Waals surface area contributed by atoms with Gasteiger partial charge in [-0.2, -0.15) is 13.2 Å². The Balaban J connectivity index is 1.61. The minimum absolute atomic E-state index is 0.0505. The average molecular weight is 501 g/mol. The van der Waals surface area contributed by atoms with E-state index in [4.69, 9.17) is 20.9 Å². The van der Waals surface area contributed by atoms with Crippen molar-refractivity contribution in [2.24, 2.45) is 11.5 Å². The van der Waals surface area contributed by atoms with Gasteiger partial charge in [-0.15, -0.1) is 0 Å². The van der Waals surface area contributed by atoms with Crippen molar-refractivity contribution in [3.63, 3.8) is 0 Å². The Hall–Kier alpha value is -3.79. The van der Waals surface area contributed by atoms with Crippen molar-refractivity contribution in [1.82, 2.24) is 9.88 Å². The number of halogens is 3. The molecule has 0 fully saturated rings. The van der Waals surface area contributed by atoms with Crippen LogP contribution >= 0.6 is 0 Å². The molecule has 1 aliphatic heterocycles. The molecule has 1 aromatic heterocycles. The number of fused-ring (bicyclic) bond motifs is 2. The van der Waals surface area contributed by atoms with Crippen LogP contribution < -0.4 is 16.2 Å². The summed E-state index contributed by atoms with van der Waals surface area (Å²) in [5.74, 6) is -0.0786. The molecule has 2 heterocycles. The summed E-state index contributed by atoms with van der Waals surface area (Å²) >= 11 is 0. The number of nitrogens with two attached hydrogens (primary N) is 2. The number of alkyl halides is 3. The highest BCUT2D eigenvalue weighted by Crippen LogP contribution is 2.36. The van der Waals surface area contributed by atoms with E-state index in [-0.39, 0.29) is 35.2 Å². The number of hydrogen-bond acceptors (Lipinski definition) is 6. The van der Waals surface area contributed by atoms with Crippen molar-refractivity contribution >= 4 is 16.8 Å². The summed E-state index contributed by atoms with van der Waals surface area (Å²) in [7, 11) is 1.36. The molecule has 2 aromatic carbocycles. The molecule has 0 aliphatic carbocycles.